The highest BCUT2D eigenvalue weighted by molar-refractivity contribution is 7.80. The Labute approximate surface area is 77.3 Å². The molecule has 0 aromatic carbocycles. The summed E-state index contributed by atoms with van der Waals surface area (Å²) in [5, 5.41) is 2.46. The molecule has 70 valence electrons. The number of rotatable bonds is 5. The molecule has 5 heteroatoms. The number of hydrogen-bond donors (Lipinski definition) is 3. The highest BCUT2D eigenvalue weighted by atomic mass is 32.1. The van der Waals surface area contributed by atoms with Crippen LogP contribution in [0.15, 0.2) is 0 Å². The predicted octanol–water partition coefficient (Wildman–Crippen LogP) is -0.663. The maximum absolute atomic E-state index is 11.1. The second-order valence-corrected chi connectivity index (χ2v) is 2.81. The molecule has 0 aromatic heterocycles. The van der Waals surface area contributed by atoms with E-state index in [2.05, 4.69) is 17.9 Å². The number of amides is 1. The molecular formula is C7H14N2O2S. The monoisotopic (exact) mass is 190 g/mol. The Hall–Kier alpha value is -0.550. The van der Waals surface area contributed by atoms with E-state index in [4.69, 9.17) is 5.73 Å². The molecule has 4 nitrogen and oxygen atoms in total. The molecular weight excluding hydrogens is 176 g/mol. The summed E-state index contributed by atoms with van der Waals surface area (Å²) in [5.41, 5.74) is 5.42. The van der Waals surface area contributed by atoms with Crippen molar-refractivity contribution in [3.05, 3.63) is 0 Å². The van der Waals surface area contributed by atoms with Crippen molar-refractivity contribution in [2.75, 3.05) is 5.75 Å². The average molecular weight is 190 g/mol. The van der Waals surface area contributed by atoms with Gasteiger partial charge in [0.1, 0.15) is 6.29 Å². The van der Waals surface area contributed by atoms with Crippen LogP contribution in [-0.4, -0.2) is 30.0 Å². The molecule has 0 aliphatic heterocycles. The van der Waals surface area contributed by atoms with Crippen LogP contribution < -0.4 is 11.1 Å². The van der Waals surface area contributed by atoms with Gasteiger partial charge in [-0.05, 0) is 6.42 Å². The van der Waals surface area contributed by atoms with Crippen molar-refractivity contribution in [1.82, 2.24) is 5.32 Å². The van der Waals surface area contributed by atoms with E-state index in [0.29, 0.717) is 18.5 Å². The van der Waals surface area contributed by atoms with Gasteiger partial charge in [-0.15, -0.1) is 0 Å². The summed E-state index contributed by atoms with van der Waals surface area (Å²) in [7, 11) is 0. The molecule has 3 N–H and O–H groups in total. The van der Waals surface area contributed by atoms with E-state index in [9.17, 15) is 9.59 Å². The molecule has 0 aliphatic rings. The molecule has 0 heterocycles. The number of aldehydes is 1. The van der Waals surface area contributed by atoms with Crippen LogP contribution in [0.5, 0.6) is 0 Å². The lowest BCUT2D eigenvalue weighted by Gasteiger charge is -2.13. The Balaban J connectivity index is 3.89. The van der Waals surface area contributed by atoms with Crippen LogP contribution in [0.2, 0.25) is 0 Å². The highest BCUT2D eigenvalue weighted by Gasteiger charge is 2.14. The molecule has 0 saturated carbocycles. The molecule has 0 fully saturated rings. The van der Waals surface area contributed by atoms with Crippen LogP contribution in [0.3, 0.4) is 0 Å². The largest absolute Gasteiger partial charge is 0.344 e. The summed E-state index contributed by atoms with van der Waals surface area (Å²) >= 11 is 3.88. The molecule has 0 saturated heterocycles. The third kappa shape index (κ3) is 3.73. The molecule has 0 aromatic rings. The molecule has 1 amide bonds. The van der Waals surface area contributed by atoms with Gasteiger partial charge in [0.05, 0.1) is 12.1 Å². The summed E-state index contributed by atoms with van der Waals surface area (Å²) in [6.45, 7) is 1.81. The van der Waals surface area contributed by atoms with Gasteiger partial charge in [0, 0.05) is 5.75 Å². The van der Waals surface area contributed by atoms with Crippen molar-refractivity contribution in [3.8, 4) is 0 Å². The van der Waals surface area contributed by atoms with E-state index in [-0.39, 0.29) is 5.91 Å². The zero-order chi connectivity index (χ0) is 9.56. The summed E-state index contributed by atoms with van der Waals surface area (Å²) in [6, 6.07) is -1.06. The number of thiol groups is 1. The van der Waals surface area contributed by atoms with Crippen LogP contribution in [-0.2, 0) is 9.59 Å². The van der Waals surface area contributed by atoms with Gasteiger partial charge >= 0.3 is 0 Å². The average Bonchev–Trinajstić information content (AvgIpc) is 2.12. The van der Waals surface area contributed by atoms with Gasteiger partial charge in [-0.25, -0.2) is 0 Å². The molecule has 0 aliphatic carbocycles. The van der Waals surface area contributed by atoms with E-state index in [1.165, 1.54) is 0 Å². The van der Waals surface area contributed by atoms with Crippen LogP contribution in [0.25, 0.3) is 0 Å². The van der Waals surface area contributed by atoms with Gasteiger partial charge in [0.2, 0.25) is 5.91 Å². The van der Waals surface area contributed by atoms with Crippen molar-refractivity contribution >= 4 is 24.8 Å². The van der Waals surface area contributed by atoms with Crippen molar-refractivity contribution in [2.24, 2.45) is 5.73 Å². The fraction of sp³-hybridized carbons (Fsp3) is 0.714. The second kappa shape index (κ2) is 6.02. The van der Waals surface area contributed by atoms with E-state index >= 15 is 0 Å². The summed E-state index contributed by atoms with van der Waals surface area (Å²) in [6.07, 6.45) is 1.21. The number of nitrogens with one attached hydrogen (secondary N) is 1. The number of carbonyl (C=O) groups is 2. The zero-order valence-electron chi connectivity index (χ0n) is 6.99. The normalized spacial score (nSPS) is 14.9. The fourth-order valence-corrected chi connectivity index (χ4v) is 0.775. The Kier molecular flexibility index (Phi) is 5.74. The maximum Gasteiger partial charge on any atom is 0.237 e. The Morgan fingerprint density at radius 3 is 2.67 bits per heavy atom. The first kappa shape index (κ1) is 11.4. The first-order valence-electron chi connectivity index (χ1n) is 3.77. The summed E-state index contributed by atoms with van der Waals surface area (Å²) < 4.78 is 0. The molecule has 0 radical (unpaired) electrons. The van der Waals surface area contributed by atoms with E-state index in [1.54, 1.807) is 6.92 Å². The van der Waals surface area contributed by atoms with Crippen molar-refractivity contribution < 1.29 is 9.59 Å². The van der Waals surface area contributed by atoms with E-state index in [1.807, 2.05) is 0 Å². The maximum atomic E-state index is 11.1. The SMILES string of the molecule is CCC(N)C(=O)N[C@@H](C=O)CS. The van der Waals surface area contributed by atoms with Crippen molar-refractivity contribution in [3.63, 3.8) is 0 Å². The minimum absolute atomic E-state index is 0.297. The molecule has 12 heavy (non-hydrogen) atoms. The Bertz CT molecular complexity index is 163. The van der Waals surface area contributed by atoms with Crippen molar-refractivity contribution in [2.45, 2.75) is 25.4 Å². The molecule has 1 unspecified atom stereocenters. The Morgan fingerprint density at radius 1 is 1.75 bits per heavy atom. The second-order valence-electron chi connectivity index (χ2n) is 2.45. The van der Waals surface area contributed by atoms with Crippen LogP contribution in [0.4, 0.5) is 0 Å². The highest BCUT2D eigenvalue weighted by Crippen LogP contribution is 1.89. The molecule has 0 bridgehead atoms. The lowest BCUT2D eigenvalue weighted by atomic mass is 10.2. The number of nitrogens with two attached hydrogens (primary N) is 1. The van der Waals surface area contributed by atoms with Gasteiger partial charge in [-0.1, -0.05) is 6.92 Å². The minimum atomic E-state index is -0.535. The lowest BCUT2D eigenvalue weighted by Crippen LogP contribution is -2.46. The first-order chi connectivity index (χ1) is 5.65. The standard InChI is InChI=1S/C7H14N2O2S/c1-2-6(8)7(11)9-5(3-10)4-12/h3,5-6,12H,2,4,8H2,1H3,(H,9,11)/t5-,6?/m0/s1. The molecule has 0 spiro atoms. The lowest BCUT2D eigenvalue weighted by molar-refractivity contribution is -0.124. The first-order valence-corrected chi connectivity index (χ1v) is 4.41. The third-order valence-electron chi connectivity index (χ3n) is 1.47. The van der Waals surface area contributed by atoms with E-state index in [0.717, 1.165) is 0 Å². The van der Waals surface area contributed by atoms with Gasteiger partial charge in [-0.2, -0.15) is 12.6 Å². The Morgan fingerprint density at radius 2 is 2.33 bits per heavy atom. The predicted molar refractivity (Wildman–Crippen MR) is 50.1 cm³/mol. The van der Waals surface area contributed by atoms with Crippen molar-refractivity contribution in [1.29, 1.82) is 0 Å². The van der Waals surface area contributed by atoms with Crippen LogP contribution in [0, 0.1) is 0 Å². The smallest absolute Gasteiger partial charge is 0.237 e. The van der Waals surface area contributed by atoms with Crippen LogP contribution in [0.1, 0.15) is 13.3 Å². The minimum Gasteiger partial charge on any atom is -0.344 e. The topological polar surface area (TPSA) is 72.2 Å². The summed E-state index contributed by atoms with van der Waals surface area (Å²) in [4.78, 5) is 21.4. The fourth-order valence-electron chi connectivity index (χ4n) is 0.598. The van der Waals surface area contributed by atoms with Gasteiger partial charge in [-0.3, -0.25) is 4.79 Å². The zero-order valence-corrected chi connectivity index (χ0v) is 7.88. The molecule has 2 atom stereocenters. The van der Waals surface area contributed by atoms with E-state index < -0.39 is 12.1 Å². The molecule has 0 rings (SSSR count). The summed E-state index contributed by atoms with van der Waals surface area (Å²) in [5.74, 6) is -0.00488. The number of carbonyl (C=O) groups excluding carboxylic acids is 2. The van der Waals surface area contributed by atoms with Gasteiger partial charge < -0.3 is 15.8 Å². The van der Waals surface area contributed by atoms with Gasteiger partial charge in [0.15, 0.2) is 0 Å². The van der Waals surface area contributed by atoms with Gasteiger partial charge in [0.25, 0.3) is 0 Å². The number of hydrogen-bond acceptors (Lipinski definition) is 4. The van der Waals surface area contributed by atoms with Crippen LogP contribution >= 0.6 is 12.6 Å². The third-order valence-corrected chi connectivity index (χ3v) is 1.86. The quantitative estimate of drug-likeness (QED) is 0.398.